The summed E-state index contributed by atoms with van der Waals surface area (Å²) in [5.74, 6) is 1.46. The van der Waals surface area contributed by atoms with E-state index in [-0.39, 0.29) is 0 Å². The standard InChI is InChI=1S/C17H25N3S/c1-5-8-18-11-12(2)10-15-13(3)19-17(20-14(15)4)16-7-6-9-21-16/h6-7,9,12,18H,5,8,10-11H2,1-4H3. The molecule has 1 atom stereocenters. The summed E-state index contributed by atoms with van der Waals surface area (Å²) in [4.78, 5) is 10.6. The summed E-state index contributed by atoms with van der Waals surface area (Å²) in [6.45, 7) is 10.8. The lowest BCUT2D eigenvalue weighted by Crippen LogP contribution is -2.23. The Morgan fingerprint density at radius 2 is 1.95 bits per heavy atom. The van der Waals surface area contributed by atoms with Gasteiger partial charge in [0.15, 0.2) is 5.82 Å². The molecule has 0 fully saturated rings. The molecule has 0 aliphatic heterocycles. The number of aromatic nitrogens is 2. The van der Waals surface area contributed by atoms with Crippen molar-refractivity contribution in [3.8, 4) is 10.7 Å². The van der Waals surface area contributed by atoms with E-state index in [0.29, 0.717) is 5.92 Å². The number of hydrogen-bond donors (Lipinski definition) is 1. The van der Waals surface area contributed by atoms with Crippen LogP contribution in [0.5, 0.6) is 0 Å². The molecule has 2 heterocycles. The third kappa shape index (κ3) is 4.35. The fourth-order valence-corrected chi connectivity index (χ4v) is 3.15. The van der Waals surface area contributed by atoms with Crippen LogP contribution in [0.4, 0.5) is 0 Å². The first-order valence-electron chi connectivity index (χ1n) is 7.70. The fraction of sp³-hybridized carbons (Fsp3) is 0.529. The molecule has 21 heavy (non-hydrogen) atoms. The maximum atomic E-state index is 4.70. The highest BCUT2D eigenvalue weighted by Crippen LogP contribution is 2.24. The summed E-state index contributed by atoms with van der Waals surface area (Å²) in [5, 5.41) is 5.56. The number of nitrogens with zero attached hydrogens (tertiary/aromatic N) is 2. The van der Waals surface area contributed by atoms with E-state index >= 15 is 0 Å². The average molecular weight is 303 g/mol. The van der Waals surface area contributed by atoms with Gasteiger partial charge < -0.3 is 5.32 Å². The van der Waals surface area contributed by atoms with Gasteiger partial charge in [-0.05, 0) is 62.7 Å². The van der Waals surface area contributed by atoms with Crippen molar-refractivity contribution in [3.05, 3.63) is 34.5 Å². The van der Waals surface area contributed by atoms with E-state index < -0.39 is 0 Å². The Morgan fingerprint density at radius 1 is 1.24 bits per heavy atom. The van der Waals surface area contributed by atoms with Gasteiger partial charge in [0, 0.05) is 11.4 Å². The maximum Gasteiger partial charge on any atom is 0.169 e. The normalized spacial score (nSPS) is 12.6. The Kier molecular flexibility index (Phi) is 5.88. The van der Waals surface area contributed by atoms with Crippen LogP contribution < -0.4 is 5.32 Å². The first kappa shape index (κ1) is 16.1. The molecule has 0 aliphatic carbocycles. The van der Waals surface area contributed by atoms with Crippen molar-refractivity contribution in [3.63, 3.8) is 0 Å². The van der Waals surface area contributed by atoms with E-state index in [1.165, 1.54) is 12.0 Å². The molecule has 0 aliphatic rings. The third-order valence-corrected chi connectivity index (χ3v) is 4.50. The largest absolute Gasteiger partial charge is 0.316 e. The molecule has 0 radical (unpaired) electrons. The van der Waals surface area contributed by atoms with Crippen LogP contribution in [-0.2, 0) is 6.42 Å². The summed E-state index contributed by atoms with van der Waals surface area (Å²) < 4.78 is 0. The molecule has 1 N–H and O–H groups in total. The van der Waals surface area contributed by atoms with E-state index in [1.54, 1.807) is 11.3 Å². The van der Waals surface area contributed by atoms with E-state index in [9.17, 15) is 0 Å². The molecule has 0 spiro atoms. The smallest absolute Gasteiger partial charge is 0.169 e. The van der Waals surface area contributed by atoms with Gasteiger partial charge in [0.25, 0.3) is 0 Å². The Bertz CT molecular complexity index is 540. The second kappa shape index (κ2) is 7.66. The molecule has 0 saturated heterocycles. The van der Waals surface area contributed by atoms with Crippen LogP contribution in [0, 0.1) is 19.8 Å². The summed E-state index contributed by atoms with van der Waals surface area (Å²) in [7, 11) is 0. The summed E-state index contributed by atoms with van der Waals surface area (Å²) in [6, 6.07) is 4.12. The second-order valence-corrected chi connectivity index (χ2v) is 6.64. The van der Waals surface area contributed by atoms with Gasteiger partial charge in [-0.25, -0.2) is 9.97 Å². The Hall–Kier alpha value is -1.26. The highest BCUT2D eigenvalue weighted by molar-refractivity contribution is 7.13. The second-order valence-electron chi connectivity index (χ2n) is 5.69. The first-order valence-corrected chi connectivity index (χ1v) is 8.58. The van der Waals surface area contributed by atoms with E-state index in [1.807, 2.05) is 6.07 Å². The predicted molar refractivity (Wildman–Crippen MR) is 90.8 cm³/mol. The number of thiophene rings is 1. The first-order chi connectivity index (χ1) is 10.1. The zero-order valence-corrected chi connectivity index (χ0v) is 14.3. The molecular formula is C17H25N3S. The van der Waals surface area contributed by atoms with Crippen LogP contribution in [0.2, 0.25) is 0 Å². The van der Waals surface area contributed by atoms with Gasteiger partial charge >= 0.3 is 0 Å². The molecule has 0 amide bonds. The molecule has 2 aromatic heterocycles. The van der Waals surface area contributed by atoms with Crippen LogP contribution >= 0.6 is 11.3 Å². The highest BCUT2D eigenvalue weighted by Gasteiger charge is 2.13. The number of rotatable bonds is 7. The van der Waals surface area contributed by atoms with Crippen molar-refractivity contribution in [2.75, 3.05) is 13.1 Å². The minimum absolute atomic E-state index is 0.602. The Morgan fingerprint density at radius 3 is 2.52 bits per heavy atom. The van der Waals surface area contributed by atoms with Crippen molar-refractivity contribution < 1.29 is 0 Å². The molecule has 0 bridgehead atoms. The minimum atomic E-state index is 0.602. The van der Waals surface area contributed by atoms with E-state index in [0.717, 1.165) is 41.6 Å². The zero-order valence-electron chi connectivity index (χ0n) is 13.4. The zero-order chi connectivity index (χ0) is 15.2. The molecule has 3 nitrogen and oxygen atoms in total. The topological polar surface area (TPSA) is 37.8 Å². The molecule has 2 aromatic rings. The van der Waals surface area contributed by atoms with Gasteiger partial charge in [-0.2, -0.15) is 0 Å². The van der Waals surface area contributed by atoms with Crippen LogP contribution in [0.1, 0.15) is 37.2 Å². The van der Waals surface area contributed by atoms with Gasteiger partial charge in [0.2, 0.25) is 0 Å². The third-order valence-electron chi connectivity index (χ3n) is 3.63. The minimum Gasteiger partial charge on any atom is -0.316 e. The molecule has 2 rings (SSSR count). The number of aryl methyl sites for hydroxylation is 2. The van der Waals surface area contributed by atoms with Crippen LogP contribution in [-0.4, -0.2) is 23.1 Å². The van der Waals surface area contributed by atoms with Crippen molar-refractivity contribution in [2.45, 2.75) is 40.5 Å². The Balaban J connectivity index is 2.10. The monoisotopic (exact) mass is 303 g/mol. The molecule has 114 valence electrons. The molecule has 0 aromatic carbocycles. The average Bonchev–Trinajstić information content (AvgIpc) is 2.97. The van der Waals surface area contributed by atoms with Crippen molar-refractivity contribution in [2.24, 2.45) is 5.92 Å². The molecule has 4 heteroatoms. The quantitative estimate of drug-likeness (QED) is 0.786. The summed E-state index contributed by atoms with van der Waals surface area (Å²) >= 11 is 1.69. The molecular weight excluding hydrogens is 278 g/mol. The molecule has 0 saturated carbocycles. The van der Waals surface area contributed by atoms with Crippen LogP contribution in [0.25, 0.3) is 10.7 Å². The maximum absolute atomic E-state index is 4.70. The van der Waals surface area contributed by atoms with E-state index in [4.69, 9.17) is 9.97 Å². The van der Waals surface area contributed by atoms with Crippen molar-refractivity contribution >= 4 is 11.3 Å². The highest BCUT2D eigenvalue weighted by atomic mass is 32.1. The SMILES string of the molecule is CCCNCC(C)Cc1c(C)nc(-c2cccs2)nc1C. The predicted octanol–water partition coefficient (Wildman–Crippen LogP) is 4.00. The lowest BCUT2D eigenvalue weighted by Gasteiger charge is -2.16. The van der Waals surface area contributed by atoms with Crippen LogP contribution in [0.15, 0.2) is 17.5 Å². The van der Waals surface area contributed by atoms with Gasteiger partial charge in [-0.3, -0.25) is 0 Å². The van der Waals surface area contributed by atoms with Crippen molar-refractivity contribution in [1.29, 1.82) is 0 Å². The lowest BCUT2D eigenvalue weighted by molar-refractivity contribution is 0.507. The lowest BCUT2D eigenvalue weighted by atomic mass is 9.98. The van der Waals surface area contributed by atoms with Gasteiger partial charge in [0.05, 0.1) is 4.88 Å². The molecule has 1 unspecified atom stereocenters. The van der Waals surface area contributed by atoms with Gasteiger partial charge in [-0.15, -0.1) is 11.3 Å². The number of hydrogen-bond acceptors (Lipinski definition) is 4. The van der Waals surface area contributed by atoms with Crippen LogP contribution in [0.3, 0.4) is 0 Å². The summed E-state index contributed by atoms with van der Waals surface area (Å²) in [5.41, 5.74) is 3.54. The Labute approximate surface area is 131 Å². The van der Waals surface area contributed by atoms with E-state index in [2.05, 4.69) is 44.5 Å². The fourth-order valence-electron chi connectivity index (χ4n) is 2.50. The van der Waals surface area contributed by atoms with Gasteiger partial charge in [0.1, 0.15) is 0 Å². The number of nitrogens with one attached hydrogen (secondary N) is 1. The summed E-state index contributed by atoms with van der Waals surface area (Å²) in [6.07, 6.45) is 2.22. The van der Waals surface area contributed by atoms with Gasteiger partial charge in [-0.1, -0.05) is 19.9 Å². The van der Waals surface area contributed by atoms with Crippen molar-refractivity contribution in [1.82, 2.24) is 15.3 Å².